The van der Waals surface area contributed by atoms with Crippen molar-refractivity contribution < 1.29 is 8.78 Å². The van der Waals surface area contributed by atoms with Crippen molar-refractivity contribution in [2.45, 2.75) is 19.0 Å². The number of nitrogens with zero attached hydrogens (tertiary/aromatic N) is 2. The van der Waals surface area contributed by atoms with Crippen LogP contribution >= 0.6 is 24.8 Å². The van der Waals surface area contributed by atoms with E-state index in [0.717, 1.165) is 39.3 Å². The van der Waals surface area contributed by atoms with Gasteiger partial charge >= 0.3 is 0 Å². The van der Waals surface area contributed by atoms with Crippen LogP contribution in [0.4, 0.5) is 8.78 Å². The molecule has 1 N–H and O–H groups in total. The van der Waals surface area contributed by atoms with Gasteiger partial charge in [-0.2, -0.15) is 0 Å². The van der Waals surface area contributed by atoms with Gasteiger partial charge in [-0.25, -0.2) is 8.78 Å². The van der Waals surface area contributed by atoms with Gasteiger partial charge in [-0.05, 0) is 19.0 Å². The van der Waals surface area contributed by atoms with E-state index in [1.54, 1.807) is 12.1 Å². The highest BCUT2D eigenvalue weighted by molar-refractivity contribution is 5.85. The minimum atomic E-state index is -0.752. The van der Waals surface area contributed by atoms with Crippen LogP contribution < -0.4 is 5.32 Å². The molecule has 0 aromatic heterocycles. The van der Waals surface area contributed by atoms with Gasteiger partial charge in [0, 0.05) is 50.9 Å². The molecule has 0 radical (unpaired) electrons. The first-order valence-electron chi connectivity index (χ1n) is 7.34. The van der Waals surface area contributed by atoms with E-state index < -0.39 is 11.6 Å². The molecule has 2 saturated heterocycles. The molecule has 22 heavy (non-hydrogen) atoms. The molecule has 126 valence electrons. The lowest BCUT2D eigenvalue weighted by molar-refractivity contribution is 0.0973. The Balaban J connectivity index is 0.00000121. The Morgan fingerprint density at radius 3 is 2.45 bits per heavy atom. The summed E-state index contributed by atoms with van der Waals surface area (Å²) in [6.07, 6.45) is 1.22. The zero-order chi connectivity index (χ0) is 13.9. The summed E-state index contributed by atoms with van der Waals surface area (Å²) in [5, 5.41) is 3.39. The van der Waals surface area contributed by atoms with Crippen LogP contribution in [0.25, 0.3) is 0 Å². The Kier molecular flexibility index (Phi) is 8.00. The Morgan fingerprint density at radius 2 is 1.82 bits per heavy atom. The fourth-order valence-corrected chi connectivity index (χ4v) is 3.15. The van der Waals surface area contributed by atoms with E-state index in [1.165, 1.54) is 12.5 Å². The second-order valence-corrected chi connectivity index (χ2v) is 5.67. The van der Waals surface area contributed by atoms with Crippen LogP contribution in [-0.2, 0) is 6.54 Å². The fourth-order valence-electron chi connectivity index (χ4n) is 3.15. The first kappa shape index (κ1) is 19.6. The third-order valence-corrected chi connectivity index (χ3v) is 4.38. The quantitative estimate of drug-likeness (QED) is 0.899. The minimum Gasteiger partial charge on any atom is -0.315 e. The first-order valence-corrected chi connectivity index (χ1v) is 7.34. The third kappa shape index (κ3) is 4.52. The maximum absolute atomic E-state index is 13.7. The predicted octanol–water partition coefficient (Wildman–Crippen LogP) is 2.29. The van der Waals surface area contributed by atoms with Gasteiger partial charge in [0.2, 0.25) is 0 Å². The van der Waals surface area contributed by atoms with Crippen molar-refractivity contribution in [2.24, 2.45) is 0 Å². The molecule has 0 saturated carbocycles. The van der Waals surface area contributed by atoms with Crippen LogP contribution in [0.2, 0.25) is 0 Å². The number of hydrogen-bond donors (Lipinski definition) is 1. The molecule has 3 nitrogen and oxygen atoms in total. The molecule has 1 aromatic carbocycles. The van der Waals surface area contributed by atoms with E-state index in [1.807, 2.05) is 0 Å². The Bertz CT molecular complexity index is 462. The van der Waals surface area contributed by atoms with Crippen molar-refractivity contribution in [1.82, 2.24) is 15.1 Å². The van der Waals surface area contributed by atoms with Crippen LogP contribution in [0.1, 0.15) is 12.0 Å². The van der Waals surface area contributed by atoms with Crippen molar-refractivity contribution in [3.63, 3.8) is 0 Å². The Hall–Kier alpha value is -0.460. The van der Waals surface area contributed by atoms with Gasteiger partial charge in [-0.1, -0.05) is 12.1 Å². The van der Waals surface area contributed by atoms with Gasteiger partial charge in [-0.3, -0.25) is 9.80 Å². The highest BCUT2D eigenvalue weighted by atomic mass is 35.5. The SMILES string of the molecule is Cl.Cl.Fc1cccc(CN2CCN(C3CCNC3)CC2)c1F. The van der Waals surface area contributed by atoms with Crippen molar-refractivity contribution in [1.29, 1.82) is 0 Å². The second-order valence-electron chi connectivity index (χ2n) is 5.67. The molecular formula is C15H23Cl2F2N3. The van der Waals surface area contributed by atoms with Gasteiger partial charge in [-0.15, -0.1) is 24.8 Å². The summed E-state index contributed by atoms with van der Waals surface area (Å²) in [4.78, 5) is 4.72. The lowest BCUT2D eigenvalue weighted by atomic mass is 10.1. The summed E-state index contributed by atoms with van der Waals surface area (Å²) in [6, 6.07) is 5.08. The van der Waals surface area contributed by atoms with Gasteiger partial charge in [0.25, 0.3) is 0 Å². The van der Waals surface area contributed by atoms with Gasteiger partial charge < -0.3 is 5.32 Å². The normalized spacial score (nSPS) is 22.9. The number of nitrogens with one attached hydrogen (secondary N) is 1. The molecule has 3 rings (SSSR count). The second kappa shape index (κ2) is 8.99. The fraction of sp³-hybridized carbons (Fsp3) is 0.600. The molecule has 0 spiro atoms. The van der Waals surface area contributed by atoms with Crippen molar-refractivity contribution >= 4 is 24.8 Å². The molecule has 1 unspecified atom stereocenters. The van der Waals surface area contributed by atoms with E-state index in [0.29, 0.717) is 18.2 Å². The molecule has 2 fully saturated rings. The average Bonchev–Trinajstić information content (AvgIpc) is 2.99. The highest BCUT2D eigenvalue weighted by Gasteiger charge is 2.26. The Morgan fingerprint density at radius 1 is 1.09 bits per heavy atom. The summed E-state index contributed by atoms with van der Waals surface area (Å²) in [5.74, 6) is -1.45. The topological polar surface area (TPSA) is 18.5 Å². The van der Waals surface area contributed by atoms with Gasteiger partial charge in [0.15, 0.2) is 11.6 Å². The number of benzene rings is 1. The van der Waals surface area contributed by atoms with Crippen LogP contribution in [0.15, 0.2) is 18.2 Å². The molecule has 1 atom stereocenters. The molecule has 0 aliphatic carbocycles. The predicted molar refractivity (Wildman–Crippen MR) is 89.0 cm³/mol. The van der Waals surface area contributed by atoms with E-state index >= 15 is 0 Å². The van der Waals surface area contributed by atoms with Crippen LogP contribution in [-0.4, -0.2) is 55.1 Å². The lowest BCUT2D eigenvalue weighted by Gasteiger charge is -2.37. The highest BCUT2D eigenvalue weighted by Crippen LogP contribution is 2.17. The summed E-state index contributed by atoms with van der Waals surface area (Å²) in [5.41, 5.74) is 0.459. The monoisotopic (exact) mass is 353 g/mol. The minimum absolute atomic E-state index is 0. The maximum Gasteiger partial charge on any atom is 0.163 e. The smallest absolute Gasteiger partial charge is 0.163 e. The molecule has 2 aliphatic heterocycles. The number of halogens is 4. The number of rotatable bonds is 3. The van der Waals surface area contributed by atoms with E-state index in [4.69, 9.17) is 0 Å². The van der Waals surface area contributed by atoms with Crippen molar-refractivity contribution in [3.05, 3.63) is 35.4 Å². The average molecular weight is 354 g/mol. The summed E-state index contributed by atoms with van der Waals surface area (Å²) < 4.78 is 26.8. The van der Waals surface area contributed by atoms with E-state index in [2.05, 4.69) is 15.1 Å². The van der Waals surface area contributed by atoms with E-state index in [9.17, 15) is 8.78 Å². The maximum atomic E-state index is 13.7. The number of hydrogen-bond acceptors (Lipinski definition) is 3. The van der Waals surface area contributed by atoms with E-state index in [-0.39, 0.29) is 24.8 Å². The molecule has 2 heterocycles. The molecule has 1 aromatic rings. The first-order chi connectivity index (χ1) is 9.74. The molecule has 0 bridgehead atoms. The number of piperazine rings is 1. The van der Waals surface area contributed by atoms with Crippen LogP contribution in [0.5, 0.6) is 0 Å². The summed E-state index contributed by atoms with van der Waals surface area (Å²) in [7, 11) is 0. The molecule has 2 aliphatic rings. The zero-order valence-electron chi connectivity index (χ0n) is 12.4. The largest absolute Gasteiger partial charge is 0.315 e. The summed E-state index contributed by atoms with van der Waals surface area (Å²) >= 11 is 0. The van der Waals surface area contributed by atoms with Crippen molar-refractivity contribution in [2.75, 3.05) is 39.3 Å². The van der Waals surface area contributed by atoms with Gasteiger partial charge in [0.05, 0.1) is 0 Å². The molecular weight excluding hydrogens is 331 g/mol. The zero-order valence-corrected chi connectivity index (χ0v) is 14.1. The van der Waals surface area contributed by atoms with Crippen LogP contribution in [0, 0.1) is 11.6 Å². The van der Waals surface area contributed by atoms with Crippen molar-refractivity contribution in [3.8, 4) is 0 Å². The van der Waals surface area contributed by atoms with Gasteiger partial charge in [0.1, 0.15) is 0 Å². The Labute approximate surface area is 142 Å². The standard InChI is InChI=1S/C15H21F2N3.2ClH/c16-14-3-1-2-12(15(14)17)11-19-6-8-20(9-7-19)13-4-5-18-10-13;;/h1-3,13,18H,4-11H2;2*1H. The lowest BCUT2D eigenvalue weighted by Crippen LogP contribution is -2.50. The molecule has 7 heteroatoms. The summed E-state index contributed by atoms with van der Waals surface area (Å²) in [6.45, 7) is 6.57. The van der Waals surface area contributed by atoms with Crippen LogP contribution in [0.3, 0.4) is 0 Å². The molecule has 0 amide bonds. The third-order valence-electron chi connectivity index (χ3n) is 4.38.